The molecule has 0 fully saturated rings. The Kier molecular flexibility index (Phi) is 5.97. The van der Waals surface area contributed by atoms with E-state index in [-0.39, 0.29) is 16.5 Å². The number of thiocarbonyl (C=S) groups is 1. The molecule has 28 heavy (non-hydrogen) atoms. The van der Waals surface area contributed by atoms with E-state index in [0.717, 1.165) is 10.4 Å². The van der Waals surface area contributed by atoms with Crippen LogP contribution >= 0.6 is 23.6 Å². The number of carbonyl (C=O) groups is 2. The summed E-state index contributed by atoms with van der Waals surface area (Å²) in [4.78, 5) is 24.7. The minimum Gasteiger partial charge on any atom is -0.365 e. The van der Waals surface area contributed by atoms with Gasteiger partial charge in [-0.15, -0.1) is 11.3 Å². The zero-order valence-corrected chi connectivity index (χ0v) is 16.5. The molecule has 0 bridgehead atoms. The molecule has 4 N–H and O–H groups in total. The average molecular weight is 412 g/mol. The number of thiophene rings is 1. The van der Waals surface area contributed by atoms with Gasteiger partial charge in [-0.1, -0.05) is 23.8 Å². The van der Waals surface area contributed by atoms with Crippen LogP contribution in [0.1, 0.15) is 20.8 Å². The van der Waals surface area contributed by atoms with Gasteiger partial charge in [0.05, 0.1) is 11.9 Å². The van der Waals surface area contributed by atoms with Gasteiger partial charge in [-0.05, 0) is 48.8 Å². The van der Waals surface area contributed by atoms with Crippen molar-refractivity contribution in [2.75, 3.05) is 5.32 Å². The highest BCUT2D eigenvalue weighted by atomic mass is 32.1. The second-order valence-corrected chi connectivity index (χ2v) is 7.20. The molecule has 3 rings (SSSR count). The number of anilines is 1. The molecule has 0 saturated heterocycles. The van der Waals surface area contributed by atoms with Gasteiger partial charge in [-0.25, -0.2) is 4.68 Å². The van der Waals surface area contributed by atoms with E-state index in [0.29, 0.717) is 5.69 Å². The highest BCUT2D eigenvalue weighted by Gasteiger charge is 2.18. The van der Waals surface area contributed by atoms with E-state index in [2.05, 4.69) is 15.7 Å². The minimum atomic E-state index is -0.660. The molecular formula is C19H17N5O2S2. The first-order valence-electron chi connectivity index (χ1n) is 8.22. The smallest absolute Gasteiger partial charge is 0.254 e. The standard InChI is InChI=1S/C19H17N5O2S2/c1-12-4-6-13(7-5-12)24-18(15(11-21-24)17(20)26)23-19(27)22-16(25)9-8-14-3-2-10-28-14/h2-11H,1H3,(H2,20,26)(H2,22,23,25,27)/b9-8+. The molecule has 2 amide bonds. The topological polar surface area (TPSA) is 102 Å². The molecule has 9 heteroatoms. The van der Waals surface area contributed by atoms with Crippen LogP contribution in [0.15, 0.2) is 54.1 Å². The van der Waals surface area contributed by atoms with E-state index in [1.165, 1.54) is 28.3 Å². The number of primary amides is 1. The summed E-state index contributed by atoms with van der Waals surface area (Å²) < 4.78 is 1.50. The maximum Gasteiger partial charge on any atom is 0.254 e. The molecule has 0 spiro atoms. The van der Waals surface area contributed by atoms with Gasteiger partial charge in [0.1, 0.15) is 11.4 Å². The van der Waals surface area contributed by atoms with E-state index < -0.39 is 11.8 Å². The van der Waals surface area contributed by atoms with Crippen LogP contribution in [0.2, 0.25) is 0 Å². The van der Waals surface area contributed by atoms with E-state index in [1.807, 2.05) is 48.7 Å². The van der Waals surface area contributed by atoms with Gasteiger partial charge in [-0.2, -0.15) is 5.10 Å². The molecule has 0 aliphatic carbocycles. The number of nitrogens with one attached hydrogen (secondary N) is 2. The summed E-state index contributed by atoms with van der Waals surface area (Å²) in [6.07, 6.45) is 4.42. The van der Waals surface area contributed by atoms with Crippen molar-refractivity contribution in [2.45, 2.75) is 6.92 Å². The summed E-state index contributed by atoms with van der Waals surface area (Å²) in [5.74, 6) is -0.774. The van der Waals surface area contributed by atoms with Crippen LogP contribution in [-0.4, -0.2) is 26.7 Å². The van der Waals surface area contributed by atoms with Crippen molar-refractivity contribution in [1.29, 1.82) is 0 Å². The summed E-state index contributed by atoms with van der Waals surface area (Å²) >= 11 is 6.72. The Morgan fingerprint density at radius 3 is 2.64 bits per heavy atom. The lowest BCUT2D eigenvalue weighted by Crippen LogP contribution is -2.34. The predicted octanol–water partition coefficient (Wildman–Crippen LogP) is 2.87. The number of aromatic nitrogens is 2. The maximum atomic E-state index is 12.1. The maximum absolute atomic E-state index is 12.1. The van der Waals surface area contributed by atoms with Crippen LogP contribution in [0.3, 0.4) is 0 Å². The normalized spacial score (nSPS) is 10.8. The summed E-state index contributed by atoms with van der Waals surface area (Å²) in [5, 5.41) is 11.5. The summed E-state index contributed by atoms with van der Waals surface area (Å²) in [6, 6.07) is 11.3. The second kappa shape index (κ2) is 8.59. The number of benzene rings is 1. The first-order chi connectivity index (χ1) is 13.4. The first kappa shape index (κ1) is 19.5. The van der Waals surface area contributed by atoms with Gasteiger partial charge >= 0.3 is 0 Å². The molecule has 2 heterocycles. The Balaban J connectivity index is 1.77. The lowest BCUT2D eigenvalue weighted by Gasteiger charge is -2.12. The van der Waals surface area contributed by atoms with Gasteiger partial charge in [0.2, 0.25) is 5.91 Å². The SMILES string of the molecule is Cc1ccc(-n2ncc(C(N)=O)c2NC(=S)NC(=O)/C=C/c2cccs2)cc1. The zero-order valence-electron chi connectivity index (χ0n) is 14.9. The van der Waals surface area contributed by atoms with E-state index in [4.69, 9.17) is 18.0 Å². The third-order valence-electron chi connectivity index (χ3n) is 3.72. The van der Waals surface area contributed by atoms with Gasteiger partial charge in [0.15, 0.2) is 5.11 Å². The second-order valence-electron chi connectivity index (χ2n) is 5.81. The highest BCUT2D eigenvalue weighted by molar-refractivity contribution is 7.80. The van der Waals surface area contributed by atoms with Gasteiger partial charge in [-0.3, -0.25) is 14.9 Å². The van der Waals surface area contributed by atoms with Crippen molar-refractivity contribution in [3.05, 3.63) is 70.1 Å². The van der Waals surface area contributed by atoms with Crippen LogP contribution in [0.4, 0.5) is 5.82 Å². The van der Waals surface area contributed by atoms with E-state index in [1.54, 1.807) is 6.08 Å². The Hall–Kier alpha value is -3.30. The number of hydrogen-bond acceptors (Lipinski definition) is 5. The molecule has 2 aromatic heterocycles. The summed E-state index contributed by atoms with van der Waals surface area (Å²) in [5.41, 5.74) is 7.39. The first-order valence-corrected chi connectivity index (χ1v) is 9.51. The van der Waals surface area contributed by atoms with Crippen molar-refractivity contribution < 1.29 is 9.59 Å². The highest BCUT2D eigenvalue weighted by Crippen LogP contribution is 2.20. The molecule has 0 aliphatic heterocycles. The monoisotopic (exact) mass is 411 g/mol. The van der Waals surface area contributed by atoms with Crippen molar-refractivity contribution in [3.63, 3.8) is 0 Å². The van der Waals surface area contributed by atoms with Gasteiger partial charge in [0, 0.05) is 11.0 Å². The number of aryl methyl sites for hydroxylation is 1. The number of amides is 2. The molecule has 1 aromatic carbocycles. The Morgan fingerprint density at radius 2 is 2.00 bits per heavy atom. The number of rotatable bonds is 5. The van der Waals surface area contributed by atoms with Crippen LogP contribution in [0.25, 0.3) is 11.8 Å². The van der Waals surface area contributed by atoms with Crippen molar-refractivity contribution in [3.8, 4) is 5.69 Å². The molecule has 0 atom stereocenters. The largest absolute Gasteiger partial charge is 0.365 e. The molecule has 0 unspecified atom stereocenters. The van der Waals surface area contributed by atoms with Crippen LogP contribution in [-0.2, 0) is 4.79 Å². The van der Waals surface area contributed by atoms with Crippen molar-refractivity contribution in [2.24, 2.45) is 5.73 Å². The predicted molar refractivity (Wildman–Crippen MR) is 115 cm³/mol. The third kappa shape index (κ3) is 4.70. The van der Waals surface area contributed by atoms with Crippen molar-refractivity contribution in [1.82, 2.24) is 15.1 Å². The number of hydrogen-bond donors (Lipinski definition) is 3. The fourth-order valence-electron chi connectivity index (χ4n) is 2.37. The van der Waals surface area contributed by atoms with Gasteiger partial charge in [0.25, 0.3) is 5.91 Å². The fraction of sp³-hybridized carbons (Fsp3) is 0.0526. The van der Waals surface area contributed by atoms with Gasteiger partial charge < -0.3 is 11.1 Å². The minimum absolute atomic E-state index is 0.0252. The van der Waals surface area contributed by atoms with E-state index >= 15 is 0 Å². The van der Waals surface area contributed by atoms with Crippen LogP contribution in [0.5, 0.6) is 0 Å². The number of carbonyl (C=O) groups excluding carboxylic acids is 2. The Morgan fingerprint density at radius 1 is 1.25 bits per heavy atom. The molecular weight excluding hydrogens is 394 g/mol. The summed E-state index contributed by atoms with van der Waals surface area (Å²) in [7, 11) is 0. The zero-order chi connectivity index (χ0) is 20.1. The van der Waals surface area contributed by atoms with Crippen LogP contribution < -0.4 is 16.4 Å². The van der Waals surface area contributed by atoms with Crippen molar-refractivity contribution >= 4 is 52.4 Å². The Bertz CT molecular complexity index is 1040. The van der Waals surface area contributed by atoms with E-state index in [9.17, 15) is 9.59 Å². The molecule has 0 saturated carbocycles. The number of nitrogens with zero attached hydrogens (tertiary/aromatic N) is 2. The Labute approximate surface area is 170 Å². The molecule has 0 aliphatic rings. The number of nitrogens with two attached hydrogens (primary N) is 1. The fourth-order valence-corrected chi connectivity index (χ4v) is 3.18. The molecule has 142 valence electrons. The lowest BCUT2D eigenvalue weighted by atomic mass is 10.2. The van der Waals surface area contributed by atoms with Crippen LogP contribution in [0, 0.1) is 6.92 Å². The summed E-state index contributed by atoms with van der Waals surface area (Å²) in [6.45, 7) is 1.97. The third-order valence-corrected chi connectivity index (χ3v) is 4.77. The quantitative estimate of drug-likeness (QED) is 0.443. The average Bonchev–Trinajstić information content (AvgIpc) is 3.30. The lowest BCUT2D eigenvalue weighted by molar-refractivity contribution is -0.115. The molecule has 7 nitrogen and oxygen atoms in total. The molecule has 0 radical (unpaired) electrons. The molecule has 3 aromatic rings.